The van der Waals surface area contributed by atoms with Crippen LogP contribution in [0.3, 0.4) is 0 Å². The molecule has 5 nitrogen and oxygen atoms in total. The number of aromatic nitrogens is 1. The van der Waals surface area contributed by atoms with Gasteiger partial charge in [-0.15, -0.1) is 0 Å². The average molecular weight is 330 g/mol. The van der Waals surface area contributed by atoms with Crippen LogP contribution in [0.2, 0.25) is 0 Å². The van der Waals surface area contributed by atoms with Crippen LogP contribution in [0.15, 0.2) is 47.3 Å². The largest absolute Gasteiger partial charge is 0.505 e. The van der Waals surface area contributed by atoms with E-state index in [1.807, 2.05) is 0 Å². The van der Waals surface area contributed by atoms with Gasteiger partial charge in [0.1, 0.15) is 5.82 Å². The SMILES string of the molecule is O=C(NCc1ccc(F)c(O)c1)c1cc(=O)[nH]c2cc(F)ccc12. The number of aromatic hydroxyl groups is 1. The summed E-state index contributed by atoms with van der Waals surface area (Å²) >= 11 is 0. The number of benzene rings is 2. The van der Waals surface area contributed by atoms with Gasteiger partial charge in [-0.2, -0.15) is 0 Å². The average Bonchev–Trinajstić information content (AvgIpc) is 2.54. The number of rotatable bonds is 3. The molecule has 0 saturated heterocycles. The lowest BCUT2D eigenvalue weighted by Crippen LogP contribution is -2.24. The van der Waals surface area contributed by atoms with Gasteiger partial charge in [-0.1, -0.05) is 6.07 Å². The minimum absolute atomic E-state index is 0.0299. The fraction of sp³-hybridized carbons (Fsp3) is 0.0588. The van der Waals surface area contributed by atoms with E-state index in [4.69, 9.17) is 0 Å². The van der Waals surface area contributed by atoms with Crippen LogP contribution < -0.4 is 10.9 Å². The second-order valence-corrected chi connectivity index (χ2v) is 5.21. The minimum atomic E-state index is -0.757. The predicted molar refractivity (Wildman–Crippen MR) is 83.8 cm³/mol. The maximum atomic E-state index is 13.3. The van der Waals surface area contributed by atoms with Gasteiger partial charge in [-0.3, -0.25) is 9.59 Å². The zero-order valence-electron chi connectivity index (χ0n) is 12.3. The van der Waals surface area contributed by atoms with Gasteiger partial charge < -0.3 is 15.4 Å². The summed E-state index contributed by atoms with van der Waals surface area (Å²) < 4.78 is 26.3. The molecule has 7 heteroatoms. The number of carbonyl (C=O) groups is 1. The van der Waals surface area contributed by atoms with Crippen molar-refractivity contribution in [2.75, 3.05) is 0 Å². The standard InChI is InChI=1S/C17H12F2N2O3/c18-10-2-3-11-12(7-16(23)21-14(11)6-10)17(24)20-8-9-1-4-13(19)15(22)5-9/h1-7,22H,8H2,(H,20,24)(H,21,23). The molecule has 0 radical (unpaired) electrons. The van der Waals surface area contributed by atoms with Gasteiger partial charge in [0.2, 0.25) is 5.56 Å². The fourth-order valence-corrected chi connectivity index (χ4v) is 2.37. The molecule has 2 aromatic carbocycles. The Kier molecular flexibility index (Phi) is 3.99. The summed E-state index contributed by atoms with van der Waals surface area (Å²) in [5.41, 5.74) is 0.271. The van der Waals surface area contributed by atoms with Gasteiger partial charge in [0.25, 0.3) is 5.91 Å². The number of aromatic amines is 1. The van der Waals surface area contributed by atoms with Crippen molar-refractivity contribution in [1.29, 1.82) is 0 Å². The third-order valence-corrected chi connectivity index (χ3v) is 3.51. The van der Waals surface area contributed by atoms with Gasteiger partial charge in [-0.25, -0.2) is 8.78 Å². The summed E-state index contributed by atoms with van der Waals surface area (Å²) in [5, 5.41) is 12.3. The number of phenols is 1. The van der Waals surface area contributed by atoms with Gasteiger partial charge in [0.05, 0.1) is 11.1 Å². The van der Waals surface area contributed by atoms with E-state index >= 15 is 0 Å². The molecule has 1 heterocycles. The first-order valence-corrected chi connectivity index (χ1v) is 7.02. The van der Waals surface area contributed by atoms with Crippen LogP contribution in [0.25, 0.3) is 10.9 Å². The molecule has 0 spiro atoms. The molecule has 122 valence electrons. The van der Waals surface area contributed by atoms with Crippen molar-refractivity contribution in [3.8, 4) is 5.75 Å². The molecule has 24 heavy (non-hydrogen) atoms. The Morgan fingerprint density at radius 3 is 2.67 bits per heavy atom. The number of hydrogen-bond donors (Lipinski definition) is 3. The van der Waals surface area contributed by atoms with E-state index in [0.717, 1.165) is 18.2 Å². The fourth-order valence-electron chi connectivity index (χ4n) is 2.37. The van der Waals surface area contributed by atoms with Crippen molar-refractivity contribution >= 4 is 16.8 Å². The van der Waals surface area contributed by atoms with Crippen molar-refractivity contribution < 1.29 is 18.7 Å². The van der Waals surface area contributed by atoms with Gasteiger partial charge in [0, 0.05) is 18.0 Å². The van der Waals surface area contributed by atoms with Crippen LogP contribution in [0.1, 0.15) is 15.9 Å². The van der Waals surface area contributed by atoms with Crippen LogP contribution in [-0.4, -0.2) is 16.0 Å². The van der Waals surface area contributed by atoms with E-state index in [2.05, 4.69) is 10.3 Å². The Balaban J connectivity index is 1.88. The van der Waals surface area contributed by atoms with Gasteiger partial charge in [-0.05, 0) is 35.9 Å². The molecule has 0 atom stereocenters. The number of pyridine rings is 1. The summed E-state index contributed by atoms with van der Waals surface area (Å²) in [5.74, 6) is -2.34. The summed E-state index contributed by atoms with van der Waals surface area (Å²) in [7, 11) is 0. The van der Waals surface area contributed by atoms with Crippen LogP contribution >= 0.6 is 0 Å². The molecule has 0 aliphatic heterocycles. The predicted octanol–water partition coefficient (Wildman–Crippen LogP) is 2.44. The lowest BCUT2D eigenvalue weighted by atomic mass is 10.1. The molecule has 0 fully saturated rings. The number of amides is 1. The first-order chi connectivity index (χ1) is 11.4. The van der Waals surface area contributed by atoms with E-state index in [1.54, 1.807) is 0 Å². The van der Waals surface area contributed by atoms with Crippen molar-refractivity contribution in [1.82, 2.24) is 10.3 Å². The number of halogens is 2. The Morgan fingerprint density at radius 2 is 1.92 bits per heavy atom. The lowest BCUT2D eigenvalue weighted by Gasteiger charge is -2.08. The maximum Gasteiger partial charge on any atom is 0.252 e. The molecular formula is C17H12F2N2O3. The zero-order chi connectivity index (χ0) is 17.3. The van der Waals surface area contributed by atoms with Gasteiger partial charge in [0.15, 0.2) is 11.6 Å². The summed E-state index contributed by atoms with van der Waals surface area (Å²) in [6.07, 6.45) is 0. The highest BCUT2D eigenvalue weighted by Gasteiger charge is 2.12. The van der Waals surface area contributed by atoms with Crippen molar-refractivity contribution in [2.45, 2.75) is 6.54 Å². The minimum Gasteiger partial charge on any atom is -0.505 e. The number of nitrogens with one attached hydrogen (secondary N) is 2. The van der Waals surface area contributed by atoms with Crippen molar-refractivity contribution in [2.24, 2.45) is 0 Å². The van der Waals surface area contributed by atoms with E-state index < -0.39 is 28.9 Å². The molecule has 1 aromatic heterocycles. The van der Waals surface area contributed by atoms with E-state index in [9.17, 15) is 23.5 Å². The highest BCUT2D eigenvalue weighted by Crippen LogP contribution is 2.18. The molecule has 0 aliphatic rings. The van der Waals surface area contributed by atoms with E-state index in [1.165, 1.54) is 24.3 Å². The Bertz CT molecular complexity index is 999. The monoisotopic (exact) mass is 330 g/mol. The molecule has 3 aromatic rings. The van der Waals surface area contributed by atoms with Crippen LogP contribution in [0, 0.1) is 11.6 Å². The van der Waals surface area contributed by atoms with Crippen LogP contribution in [0.4, 0.5) is 8.78 Å². The van der Waals surface area contributed by atoms with Crippen LogP contribution in [0.5, 0.6) is 5.75 Å². The molecule has 1 amide bonds. The van der Waals surface area contributed by atoms with Crippen molar-refractivity contribution in [3.05, 3.63) is 75.6 Å². The molecule has 3 N–H and O–H groups in total. The smallest absolute Gasteiger partial charge is 0.252 e. The van der Waals surface area contributed by atoms with E-state index in [-0.39, 0.29) is 17.6 Å². The second-order valence-electron chi connectivity index (χ2n) is 5.21. The molecule has 3 rings (SSSR count). The second kappa shape index (κ2) is 6.11. The van der Waals surface area contributed by atoms with E-state index in [0.29, 0.717) is 10.9 Å². The number of phenolic OH excluding ortho intramolecular Hbond substituents is 1. The quantitative estimate of drug-likeness (QED) is 0.690. The Labute approximate surface area is 134 Å². The highest BCUT2D eigenvalue weighted by molar-refractivity contribution is 6.05. The summed E-state index contributed by atoms with van der Waals surface area (Å²) in [6, 6.07) is 8.54. The Morgan fingerprint density at radius 1 is 1.12 bits per heavy atom. The summed E-state index contributed by atoms with van der Waals surface area (Å²) in [4.78, 5) is 26.4. The number of fused-ring (bicyclic) bond motifs is 1. The van der Waals surface area contributed by atoms with Gasteiger partial charge >= 0.3 is 0 Å². The third kappa shape index (κ3) is 3.10. The lowest BCUT2D eigenvalue weighted by molar-refractivity contribution is 0.0952. The van der Waals surface area contributed by atoms with Crippen LogP contribution in [-0.2, 0) is 6.54 Å². The molecule has 0 aliphatic carbocycles. The normalized spacial score (nSPS) is 10.8. The summed E-state index contributed by atoms with van der Waals surface area (Å²) in [6.45, 7) is 0.0299. The zero-order valence-corrected chi connectivity index (χ0v) is 12.3. The first-order valence-electron chi connectivity index (χ1n) is 7.02. The molecule has 0 unspecified atom stereocenters. The number of hydrogen-bond acceptors (Lipinski definition) is 3. The topological polar surface area (TPSA) is 82.2 Å². The molecule has 0 bridgehead atoms. The van der Waals surface area contributed by atoms with Crippen molar-refractivity contribution in [3.63, 3.8) is 0 Å². The first kappa shape index (κ1) is 15.7. The number of H-pyrrole nitrogens is 1. The molecular weight excluding hydrogens is 318 g/mol. The number of carbonyl (C=O) groups excluding carboxylic acids is 1. The highest BCUT2D eigenvalue weighted by atomic mass is 19.1. The third-order valence-electron chi connectivity index (χ3n) is 3.51. The Hall–Kier alpha value is -3.22. The maximum absolute atomic E-state index is 13.3. The molecule has 0 saturated carbocycles.